The van der Waals surface area contributed by atoms with Crippen LogP contribution in [-0.4, -0.2) is 46.9 Å². The quantitative estimate of drug-likeness (QED) is 0.295. The summed E-state index contributed by atoms with van der Waals surface area (Å²) in [5, 5.41) is 10.6. The third-order valence-electron chi connectivity index (χ3n) is 5.80. The summed E-state index contributed by atoms with van der Waals surface area (Å²) in [6.07, 6.45) is 5.86. The van der Waals surface area contributed by atoms with Gasteiger partial charge in [-0.25, -0.2) is 4.98 Å². The molecule has 0 aliphatic carbocycles. The molecule has 2 aromatic heterocycles. The fraction of sp³-hybridized carbons (Fsp3) is 0.250. The van der Waals surface area contributed by atoms with E-state index in [0.29, 0.717) is 38.3 Å². The zero-order valence-corrected chi connectivity index (χ0v) is 22.1. The molecule has 1 aliphatic rings. The van der Waals surface area contributed by atoms with Gasteiger partial charge in [-0.3, -0.25) is 9.97 Å². The highest BCUT2D eigenvalue weighted by molar-refractivity contribution is 9.10. The van der Waals surface area contributed by atoms with Crippen molar-refractivity contribution in [1.29, 1.82) is 0 Å². The van der Waals surface area contributed by atoms with Gasteiger partial charge in [0.1, 0.15) is 24.2 Å². The normalized spacial score (nSPS) is 13.4. The van der Waals surface area contributed by atoms with Crippen LogP contribution in [0.3, 0.4) is 0 Å². The van der Waals surface area contributed by atoms with Crippen LogP contribution in [0.25, 0.3) is 11.0 Å². The highest BCUT2D eigenvalue weighted by Crippen LogP contribution is 2.41. The maximum atomic E-state index is 13.2. The molecule has 1 aliphatic heterocycles. The second kappa shape index (κ2) is 9.53. The smallest absolute Gasteiger partial charge is 0.229 e. The van der Waals surface area contributed by atoms with Crippen molar-refractivity contribution in [3.05, 3.63) is 58.5 Å². The van der Waals surface area contributed by atoms with Crippen molar-refractivity contribution in [1.82, 2.24) is 25.3 Å². The molecule has 0 radical (unpaired) electrons. The Bertz CT molecular complexity index is 1470. The van der Waals surface area contributed by atoms with Gasteiger partial charge in [-0.1, -0.05) is 0 Å². The number of hydrogen-bond donors (Lipinski definition) is 3. The minimum atomic E-state index is -2.70. The van der Waals surface area contributed by atoms with E-state index in [1.807, 2.05) is 12.1 Å². The van der Waals surface area contributed by atoms with Gasteiger partial charge < -0.3 is 25.3 Å². The minimum Gasteiger partial charge on any atom is -0.495 e. The lowest BCUT2D eigenvalue weighted by Crippen LogP contribution is -2.23. The van der Waals surface area contributed by atoms with Crippen LogP contribution in [0, 0.1) is 0 Å². The molecule has 5 rings (SSSR count). The number of aromatic nitrogens is 4. The number of ether oxygens (including phenoxy) is 1. The lowest BCUT2D eigenvalue weighted by atomic mass is 10.00. The predicted molar refractivity (Wildman–Crippen MR) is 143 cm³/mol. The summed E-state index contributed by atoms with van der Waals surface area (Å²) in [5.41, 5.74) is 5.25. The Morgan fingerprint density at radius 2 is 1.89 bits per heavy atom. The molecule has 0 bridgehead atoms. The molecule has 0 fully saturated rings. The van der Waals surface area contributed by atoms with E-state index >= 15 is 0 Å². The van der Waals surface area contributed by atoms with Crippen molar-refractivity contribution in [3.63, 3.8) is 0 Å². The number of fused-ring (bicyclic) bond motifs is 2. The van der Waals surface area contributed by atoms with Gasteiger partial charge in [0.2, 0.25) is 5.95 Å². The topological polar surface area (TPSA) is 114 Å². The molecule has 11 heteroatoms. The molecule has 3 heterocycles. The molecule has 0 atom stereocenters. The summed E-state index contributed by atoms with van der Waals surface area (Å²) in [5.74, 6) is 1.66. The second-order valence-corrected chi connectivity index (χ2v) is 12.6. The molecule has 4 aromatic rings. The lowest BCUT2D eigenvalue weighted by molar-refractivity contribution is 0.415. The Labute approximate surface area is 211 Å². The molecule has 0 saturated heterocycles. The van der Waals surface area contributed by atoms with Crippen molar-refractivity contribution in [2.75, 3.05) is 37.6 Å². The summed E-state index contributed by atoms with van der Waals surface area (Å²) in [6, 6.07) is 7.85. The molecule has 9 nitrogen and oxygen atoms in total. The Kier molecular flexibility index (Phi) is 6.44. The van der Waals surface area contributed by atoms with Gasteiger partial charge in [0.05, 0.1) is 33.8 Å². The van der Waals surface area contributed by atoms with Crippen LogP contribution in [0.15, 0.2) is 47.3 Å². The first kappa shape index (κ1) is 23.7. The van der Waals surface area contributed by atoms with E-state index in [1.165, 1.54) is 11.1 Å². The second-order valence-electron chi connectivity index (χ2n) is 8.62. The SMILES string of the molecule is COc1cc2c(cc1Nc1ncc(Br)c(Nc3ccc4nccnc4c3P(C)(C)=O)n1)CNCC2. The highest BCUT2D eigenvalue weighted by Gasteiger charge is 2.22. The predicted octanol–water partition coefficient (Wildman–Crippen LogP) is 4.57. The maximum absolute atomic E-state index is 13.2. The standard InChI is InChI=1S/C24H25BrN7O2P/c1-34-20-11-14-6-7-26-12-15(14)10-19(20)31-24-29-13-16(25)23(32-24)30-18-5-4-17-21(28-9-8-27-17)22(18)35(2,3)33/h4-5,8-11,13,26H,6-7,12H2,1-3H3,(H2,29,30,31,32). The number of benzene rings is 2. The van der Waals surface area contributed by atoms with E-state index in [2.05, 4.69) is 63.9 Å². The third kappa shape index (κ3) is 4.87. The number of rotatable bonds is 6. The van der Waals surface area contributed by atoms with E-state index in [1.54, 1.807) is 39.0 Å². The van der Waals surface area contributed by atoms with E-state index < -0.39 is 7.14 Å². The number of nitrogens with one attached hydrogen (secondary N) is 3. The number of methoxy groups -OCH3 is 1. The van der Waals surface area contributed by atoms with Crippen LogP contribution in [0.2, 0.25) is 0 Å². The third-order valence-corrected chi connectivity index (χ3v) is 7.91. The van der Waals surface area contributed by atoms with Gasteiger partial charge >= 0.3 is 0 Å². The fourth-order valence-electron chi connectivity index (χ4n) is 4.21. The lowest BCUT2D eigenvalue weighted by Gasteiger charge is -2.21. The van der Waals surface area contributed by atoms with Gasteiger partial charge in [0.25, 0.3) is 0 Å². The molecule has 0 amide bonds. The first-order valence-electron chi connectivity index (χ1n) is 11.1. The molecular formula is C24H25BrN7O2P. The van der Waals surface area contributed by atoms with Crippen LogP contribution < -0.4 is 26.0 Å². The molecule has 3 N–H and O–H groups in total. The Morgan fingerprint density at radius 1 is 1.06 bits per heavy atom. The summed E-state index contributed by atoms with van der Waals surface area (Å²) in [7, 11) is -1.05. The van der Waals surface area contributed by atoms with Crippen molar-refractivity contribution >= 4 is 62.6 Å². The van der Waals surface area contributed by atoms with Gasteiger partial charge in [-0.15, -0.1) is 0 Å². The van der Waals surface area contributed by atoms with E-state index in [4.69, 9.17) is 4.74 Å². The Morgan fingerprint density at radius 3 is 2.69 bits per heavy atom. The first-order valence-corrected chi connectivity index (χ1v) is 14.5. The van der Waals surface area contributed by atoms with Crippen molar-refractivity contribution in [2.24, 2.45) is 0 Å². The van der Waals surface area contributed by atoms with Gasteiger partial charge in [-0.05, 0) is 77.6 Å². The average Bonchev–Trinajstić information content (AvgIpc) is 2.84. The summed E-state index contributed by atoms with van der Waals surface area (Å²) in [6.45, 7) is 5.21. The molecule has 180 valence electrons. The number of nitrogens with zero attached hydrogens (tertiary/aromatic N) is 4. The first-order chi connectivity index (χ1) is 16.8. The van der Waals surface area contributed by atoms with Crippen LogP contribution in [0.4, 0.5) is 23.1 Å². The van der Waals surface area contributed by atoms with Gasteiger partial charge in [0, 0.05) is 25.1 Å². The zero-order chi connectivity index (χ0) is 24.6. The Balaban J connectivity index is 1.51. The molecule has 0 spiro atoms. The summed E-state index contributed by atoms with van der Waals surface area (Å²) >= 11 is 3.53. The molecule has 0 unspecified atom stereocenters. The molecule has 2 aromatic carbocycles. The van der Waals surface area contributed by atoms with Crippen LogP contribution in [-0.2, 0) is 17.5 Å². The molecular weight excluding hydrogens is 529 g/mol. The van der Waals surface area contributed by atoms with Gasteiger partial charge in [-0.2, -0.15) is 4.98 Å². The van der Waals surface area contributed by atoms with E-state index in [0.717, 1.165) is 30.9 Å². The van der Waals surface area contributed by atoms with E-state index in [-0.39, 0.29) is 0 Å². The van der Waals surface area contributed by atoms with Crippen LogP contribution >= 0.6 is 23.1 Å². The van der Waals surface area contributed by atoms with Crippen LogP contribution in [0.5, 0.6) is 5.75 Å². The number of halogens is 1. The Hall–Kier alpha value is -3.07. The summed E-state index contributed by atoms with van der Waals surface area (Å²) in [4.78, 5) is 17.9. The average molecular weight is 554 g/mol. The number of hydrogen-bond acceptors (Lipinski definition) is 9. The molecule has 0 saturated carbocycles. The van der Waals surface area contributed by atoms with E-state index in [9.17, 15) is 4.57 Å². The molecule has 35 heavy (non-hydrogen) atoms. The van der Waals surface area contributed by atoms with Crippen molar-refractivity contribution < 1.29 is 9.30 Å². The minimum absolute atomic E-state index is 0.399. The van der Waals surface area contributed by atoms with Crippen molar-refractivity contribution in [2.45, 2.75) is 13.0 Å². The van der Waals surface area contributed by atoms with Gasteiger partial charge in [0.15, 0.2) is 0 Å². The monoisotopic (exact) mass is 553 g/mol. The maximum Gasteiger partial charge on any atom is 0.229 e. The highest BCUT2D eigenvalue weighted by atomic mass is 79.9. The largest absolute Gasteiger partial charge is 0.495 e. The van der Waals surface area contributed by atoms with Crippen LogP contribution in [0.1, 0.15) is 11.1 Å². The summed E-state index contributed by atoms with van der Waals surface area (Å²) < 4.78 is 19.5. The zero-order valence-electron chi connectivity index (χ0n) is 19.6. The number of anilines is 4. The van der Waals surface area contributed by atoms with Crippen molar-refractivity contribution in [3.8, 4) is 5.75 Å². The fourth-order valence-corrected chi connectivity index (χ4v) is 5.89.